The van der Waals surface area contributed by atoms with Gasteiger partial charge >= 0.3 is 0 Å². The number of rotatable bonds is 5. The molecule has 0 saturated heterocycles. The predicted molar refractivity (Wildman–Crippen MR) is 83.0 cm³/mol. The van der Waals surface area contributed by atoms with Crippen LogP contribution in [0.1, 0.15) is 11.1 Å². The van der Waals surface area contributed by atoms with Crippen molar-refractivity contribution in [2.75, 3.05) is 18.6 Å². The SMILES string of the molecule is COc1ccc(CCSc2cccc(C)c2N)cc1. The first-order valence-electron chi connectivity index (χ1n) is 6.31. The highest BCUT2D eigenvalue weighted by Crippen LogP contribution is 2.28. The molecule has 2 rings (SSSR count). The van der Waals surface area contributed by atoms with Crippen molar-refractivity contribution < 1.29 is 4.74 Å². The van der Waals surface area contributed by atoms with E-state index in [9.17, 15) is 0 Å². The monoisotopic (exact) mass is 273 g/mol. The Morgan fingerprint density at radius 3 is 2.53 bits per heavy atom. The number of hydrogen-bond acceptors (Lipinski definition) is 3. The summed E-state index contributed by atoms with van der Waals surface area (Å²) in [6.07, 6.45) is 1.03. The second-order valence-corrected chi connectivity index (χ2v) is 5.57. The summed E-state index contributed by atoms with van der Waals surface area (Å²) in [5.74, 6) is 1.93. The van der Waals surface area contributed by atoms with Crippen molar-refractivity contribution in [1.82, 2.24) is 0 Å². The standard InChI is InChI=1S/C16H19NOS/c1-12-4-3-5-15(16(12)17)19-11-10-13-6-8-14(18-2)9-7-13/h3-9H,10-11,17H2,1-2H3. The van der Waals surface area contributed by atoms with Crippen LogP contribution in [-0.2, 0) is 6.42 Å². The van der Waals surface area contributed by atoms with Gasteiger partial charge in [-0.15, -0.1) is 11.8 Å². The molecule has 0 radical (unpaired) electrons. The summed E-state index contributed by atoms with van der Waals surface area (Å²) < 4.78 is 5.15. The summed E-state index contributed by atoms with van der Waals surface area (Å²) in [4.78, 5) is 1.17. The lowest BCUT2D eigenvalue weighted by molar-refractivity contribution is 0.414. The van der Waals surface area contributed by atoms with Gasteiger partial charge in [-0.3, -0.25) is 0 Å². The molecule has 0 unspecified atom stereocenters. The fraction of sp³-hybridized carbons (Fsp3) is 0.250. The quantitative estimate of drug-likeness (QED) is 0.662. The molecule has 0 atom stereocenters. The predicted octanol–water partition coefficient (Wildman–Crippen LogP) is 3.92. The van der Waals surface area contributed by atoms with Crippen LogP contribution < -0.4 is 10.5 Å². The minimum Gasteiger partial charge on any atom is -0.497 e. The van der Waals surface area contributed by atoms with Crippen LogP contribution in [0.3, 0.4) is 0 Å². The zero-order chi connectivity index (χ0) is 13.7. The van der Waals surface area contributed by atoms with Crippen LogP contribution in [0.5, 0.6) is 5.75 Å². The van der Waals surface area contributed by atoms with Crippen LogP contribution in [0.25, 0.3) is 0 Å². The van der Waals surface area contributed by atoms with Crippen LogP contribution in [0.4, 0.5) is 5.69 Å². The number of methoxy groups -OCH3 is 1. The van der Waals surface area contributed by atoms with Crippen molar-refractivity contribution >= 4 is 17.4 Å². The lowest BCUT2D eigenvalue weighted by Crippen LogP contribution is -1.94. The molecule has 2 aromatic rings. The molecule has 2 N–H and O–H groups in total. The third-order valence-electron chi connectivity index (χ3n) is 3.09. The number of aryl methyl sites for hydroxylation is 2. The highest BCUT2D eigenvalue weighted by molar-refractivity contribution is 7.99. The zero-order valence-corrected chi connectivity index (χ0v) is 12.2. The Morgan fingerprint density at radius 2 is 1.84 bits per heavy atom. The minimum absolute atomic E-state index is 0.902. The van der Waals surface area contributed by atoms with E-state index in [1.54, 1.807) is 7.11 Å². The van der Waals surface area contributed by atoms with E-state index in [0.717, 1.165) is 29.2 Å². The van der Waals surface area contributed by atoms with Crippen molar-refractivity contribution in [2.24, 2.45) is 0 Å². The van der Waals surface area contributed by atoms with Crippen LogP contribution >= 0.6 is 11.8 Å². The summed E-state index contributed by atoms with van der Waals surface area (Å²) in [7, 11) is 1.69. The summed E-state index contributed by atoms with van der Waals surface area (Å²) in [6, 6.07) is 14.4. The average molecular weight is 273 g/mol. The fourth-order valence-corrected chi connectivity index (χ4v) is 2.90. The minimum atomic E-state index is 0.902. The van der Waals surface area contributed by atoms with Gasteiger partial charge in [-0.25, -0.2) is 0 Å². The van der Waals surface area contributed by atoms with Crippen LogP contribution in [0, 0.1) is 6.92 Å². The highest BCUT2D eigenvalue weighted by Gasteiger charge is 2.02. The van der Waals surface area contributed by atoms with Gasteiger partial charge in [-0.2, -0.15) is 0 Å². The summed E-state index contributed by atoms with van der Waals surface area (Å²) in [5, 5.41) is 0. The first-order chi connectivity index (χ1) is 9.20. The number of nitrogen functional groups attached to an aromatic ring is 1. The molecular weight excluding hydrogens is 254 g/mol. The molecule has 2 nitrogen and oxygen atoms in total. The van der Waals surface area contributed by atoms with Gasteiger partial charge in [-0.1, -0.05) is 24.3 Å². The molecular formula is C16H19NOS. The lowest BCUT2D eigenvalue weighted by Gasteiger charge is -2.08. The van der Waals surface area contributed by atoms with Crippen molar-refractivity contribution in [2.45, 2.75) is 18.2 Å². The second-order valence-electron chi connectivity index (χ2n) is 4.43. The molecule has 100 valence electrons. The summed E-state index contributed by atoms with van der Waals surface area (Å²) in [6.45, 7) is 2.04. The van der Waals surface area contributed by atoms with E-state index in [0.29, 0.717) is 0 Å². The van der Waals surface area contributed by atoms with Crippen molar-refractivity contribution in [1.29, 1.82) is 0 Å². The van der Waals surface area contributed by atoms with Crippen LogP contribution in [0.15, 0.2) is 47.4 Å². The molecule has 0 amide bonds. The van der Waals surface area contributed by atoms with E-state index in [-0.39, 0.29) is 0 Å². The molecule has 0 saturated carbocycles. The number of hydrogen-bond donors (Lipinski definition) is 1. The van der Waals surface area contributed by atoms with Crippen LogP contribution in [-0.4, -0.2) is 12.9 Å². The first kappa shape index (κ1) is 13.8. The van der Waals surface area contributed by atoms with Crippen molar-refractivity contribution in [3.63, 3.8) is 0 Å². The van der Waals surface area contributed by atoms with Gasteiger partial charge in [0.1, 0.15) is 5.75 Å². The molecule has 2 aromatic carbocycles. The Labute approximate surface area is 119 Å². The number of nitrogens with two attached hydrogens (primary N) is 1. The number of benzene rings is 2. The molecule has 0 fully saturated rings. The Bertz CT molecular complexity index is 537. The van der Waals surface area contributed by atoms with Gasteiger partial charge in [0.25, 0.3) is 0 Å². The first-order valence-corrected chi connectivity index (χ1v) is 7.30. The van der Waals surface area contributed by atoms with Gasteiger partial charge in [0, 0.05) is 16.3 Å². The summed E-state index contributed by atoms with van der Waals surface area (Å²) in [5.41, 5.74) is 9.43. The maximum atomic E-state index is 6.06. The van der Waals surface area contributed by atoms with Gasteiger partial charge < -0.3 is 10.5 Å². The molecule has 0 aliphatic heterocycles. The van der Waals surface area contributed by atoms with Gasteiger partial charge in [0.15, 0.2) is 0 Å². The zero-order valence-electron chi connectivity index (χ0n) is 11.3. The Morgan fingerprint density at radius 1 is 1.11 bits per heavy atom. The lowest BCUT2D eigenvalue weighted by atomic mass is 10.2. The molecule has 0 heterocycles. The molecule has 0 aliphatic carbocycles. The normalized spacial score (nSPS) is 10.4. The smallest absolute Gasteiger partial charge is 0.118 e. The Balaban J connectivity index is 1.90. The maximum Gasteiger partial charge on any atom is 0.118 e. The highest BCUT2D eigenvalue weighted by atomic mass is 32.2. The molecule has 3 heteroatoms. The van der Waals surface area contributed by atoms with Gasteiger partial charge in [-0.05, 0) is 42.7 Å². The molecule has 19 heavy (non-hydrogen) atoms. The van der Waals surface area contributed by atoms with E-state index < -0.39 is 0 Å². The Hall–Kier alpha value is -1.61. The van der Waals surface area contributed by atoms with E-state index in [4.69, 9.17) is 10.5 Å². The van der Waals surface area contributed by atoms with E-state index in [1.807, 2.05) is 36.9 Å². The fourth-order valence-electron chi connectivity index (χ4n) is 1.85. The molecule has 0 aromatic heterocycles. The van der Waals surface area contributed by atoms with Crippen molar-refractivity contribution in [3.05, 3.63) is 53.6 Å². The number of anilines is 1. The third kappa shape index (κ3) is 3.67. The largest absolute Gasteiger partial charge is 0.497 e. The second kappa shape index (κ2) is 6.53. The maximum absolute atomic E-state index is 6.06. The molecule has 0 spiro atoms. The average Bonchev–Trinajstić information content (AvgIpc) is 2.44. The van der Waals surface area contributed by atoms with E-state index >= 15 is 0 Å². The Kier molecular flexibility index (Phi) is 4.74. The van der Waals surface area contributed by atoms with Gasteiger partial charge in [0.2, 0.25) is 0 Å². The topological polar surface area (TPSA) is 35.2 Å². The number of thioether (sulfide) groups is 1. The number of ether oxygens (including phenoxy) is 1. The third-order valence-corrected chi connectivity index (χ3v) is 4.17. The van der Waals surface area contributed by atoms with E-state index in [1.165, 1.54) is 10.5 Å². The summed E-state index contributed by atoms with van der Waals surface area (Å²) >= 11 is 1.81. The molecule has 0 aliphatic rings. The van der Waals surface area contributed by atoms with E-state index in [2.05, 4.69) is 24.3 Å². The molecule has 0 bridgehead atoms. The van der Waals surface area contributed by atoms with Crippen molar-refractivity contribution in [3.8, 4) is 5.75 Å². The number of para-hydroxylation sites is 1. The van der Waals surface area contributed by atoms with Gasteiger partial charge in [0.05, 0.1) is 7.11 Å². The van der Waals surface area contributed by atoms with Crippen LogP contribution in [0.2, 0.25) is 0 Å².